The first-order valence-corrected chi connectivity index (χ1v) is 8.54. The topological polar surface area (TPSA) is 81.8 Å². The first-order valence-electron chi connectivity index (χ1n) is 8.54. The van der Waals surface area contributed by atoms with Crippen LogP contribution in [-0.4, -0.2) is 31.6 Å². The van der Waals surface area contributed by atoms with Gasteiger partial charge in [-0.25, -0.2) is 9.97 Å². The minimum atomic E-state index is -0.162. The van der Waals surface area contributed by atoms with E-state index in [-0.39, 0.29) is 11.5 Å². The molecule has 1 aromatic carbocycles. The largest absolute Gasteiger partial charge is 0.350 e. The second kappa shape index (κ2) is 8.24. The Morgan fingerprint density at radius 3 is 2.65 bits per heavy atom. The predicted octanol–water partition coefficient (Wildman–Crippen LogP) is 1.48. The third kappa shape index (κ3) is 4.44. The lowest BCUT2D eigenvalue weighted by Crippen LogP contribution is -2.31. The van der Waals surface area contributed by atoms with Crippen LogP contribution in [-0.2, 0) is 19.5 Å². The van der Waals surface area contributed by atoms with Crippen LogP contribution in [0.2, 0.25) is 0 Å². The summed E-state index contributed by atoms with van der Waals surface area (Å²) in [6, 6.07) is 8.97. The van der Waals surface area contributed by atoms with E-state index in [2.05, 4.69) is 15.3 Å². The number of benzene rings is 1. The molecule has 0 unspecified atom stereocenters. The van der Waals surface area contributed by atoms with E-state index in [4.69, 9.17) is 0 Å². The highest BCUT2D eigenvalue weighted by Crippen LogP contribution is 2.06. The summed E-state index contributed by atoms with van der Waals surface area (Å²) in [6.45, 7) is 3.42. The van der Waals surface area contributed by atoms with Crippen LogP contribution >= 0.6 is 0 Å². The van der Waals surface area contributed by atoms with Crippen LogP contribution in [0.4, 0.5) is 0 Å². The van der Waals surface area contributed by atoms with Crippen molar-refractivity contribution in [1.29, 1.82) is 0 Å². The number of aromatic nitrogens is 4. The molecule has 0 radical (unpaired) electrons. The molecule has 2 aromatic heterocycles. The molecule has 0 saturated heterocycles. The van der Waals surface area contributed by atoms with Crippen molar-refractivity contribution in [3.05, 3.63) is 82.6 Å². The highest BCUT2D eigenvalue weighted by Gasteiger charge is 2.06. The third-order valence-corrected chi connectivity index (χ3v) is 4.08. The van der Waals surface area contributed by atoms with Crippen molar-refractivity contribution in [1.82, 2.24) is 24.4 Å². The summed E-state index contributed by atoms with van der Waals surface area (Å²) in [4.78, 5) is 32.3. The van der Waals surface area contributed by atoms with Crippen molar-refractivity contribution in [3.8, 4) is 0 Å². The van der Waals surface area contributed by atoms with Crippen LogP contribution in [0.3, 0.4) is 0 Å². The Morgan fingerprint density at radius 2 is 2.00 bits per heavy atom. The van der Waals surface area contributed by atoms with Gasteiger partial charge in [0, 0.05) is 49.4 Å². The third-order valence-electron chi connectivity index (χ3n) is 4.08. The maximum absolute atomic E-state index is 12.2. The molecule has 3 aromatic rings. The average Bonchev–Trinajstić information content (AvgIpc) is 3.16. The molecule has 0 saturated carbocycles. The van der Waals surface area contributed by atoms with Crippen molar-refractivity contribution >= 4 is 5.91 Å². The zero-order chi connectivity index (χ0) is 18.4. The molecule has 0 aliphatic heterocycles. The van der Waals surface area contributed by atoms with Crippen LogP contribution in [0.1, 0.15) is 28.5 Å². The van der Waals surface area contributed by atoms with Gasteiger partial charge in [0.1, 0.15) is 0 Å². The van der Waals surface area contributed by atoms with E-state index in [1.807, 2.05) is 29.8 Å². The number of carbonyl (C=O) groups excluding carboxylic acids is 1. The van der Waals surface area contributed by atoms with Crippen LogP contribution in [0.25, 0.3) is 0 Å². The van der Waals surface area contributed by atoms with E-state index in [1.165, 1.54) is 17.0 Å². The molecular weight excluding hydrogens is 330 g/mol. The van der Waals surface area contributed by atoms with Crippen molar-refractivity contribution in [2.45, 2.75) is 26.4 Å². The lowest BCUT2D eigenvalue weighted by Gasteiger charge is -2.08. The molecule has 7 nitrogen and oxygen atoms in total. The number of hydrogen-bond donors (Lipinski definition) is 1. The van der Waals surface area contributed by atoms with Gasteiger partial charge in [0.2, 0.25) is 0 Å². The molecule has 2 heterocycles. The standard InChI is InChI=1S/C19H21N5O2/c1-2-17-11-18(25)24(14-22-17)10-8-21-19(26)16-5-3-15(4-6-16)12-23-9-7-20-13-23/h3-7,9,11,13-14H,2,8,10,12H2,1H3,(H,21,26). The minimum absolute atomic E-state index is 0.102. The number of nitrogens with one attached hydrogen (secondary N) is 1. The fourth-order valence-electron chi connectivity index (χ4n) is 2.57. The summed E-state index contributed by atoms with van der Waals surface area (Å²) in [7, 11) is 0. The maximum atomic E-state index is 12.2. The number of nitrogens with zero attached hydrogens (tertiary/aromatic N) is 4. The summed E-state index contributed by atoms with van der Waals surface area (Å²) in [5.41, 5.74) is 2.35. The van der Waals surface area contributed by atoms with Crippen LogP contribution in [0, 0.1) is 0 Å². The minimum Gasteiger partial charge on any atom is -0.350 e. The van der Waals surface area contributed by atoms with Crippen LogP contribution in [0.5, 0.6) is 0 Å². The molecule has 0 aliphatic carbocycles. The van der Waals surface area contributed by atoms with Gasteiger partial charge in [0.05, 0.1) is 12.7 Å². The van der Waals surface area contributed by atoms with E-state index in [9.17, 15) is 9.59 Å². The lowest BCUT2D eigenvalue weighted by molar-refractivity contribution is 0.0952. The Bertz CT molecular complexity index is 914. The molecule has 0 fully saturated rings. The molecule has 26 heavy (non-hydrogen) atoms. The predicted molar refractivity (Wildman–Crippen MR) is 98.0 cm³/mol. The number of imidazole rings is 1. The van der Waals surface area contributed by atoms with E-state index in [1.54, 1.807) is 24.7 Å². The van der Waals surface area contributed by atoms with Gasteiger partial charge >= 0.3 is 0 Å². The summed E-state index contributed by atoms with van der Waals surface area (Å²) < 4.78 is 3.46. The monoisotopic (exact) mass is 351 g/mol. The highest BCUT2D eigenvalue weighted by atomic mass is 16.1. The van der Waals surface area contributed by atoms with Crippen molar-refractivity contribution in [2.24, 2.45) is 0 Å². The number of amides is 1. The van der Waals surface area contributed by atoms with Gasteiger partial charge in [0.25, 0.3) is 11.5 Å². The van der Waals surface area contributed by atoms with Gasteiger partial charge in [-0.05, 0) is 24.1 Å². The number of rotatable bonds is 7. The molecule has 0 atom stereocenters. The van der Waals surface area contributed by atoms with E-state index >= 15 is 0 Å². The van der Waals surface area contributed by atoms with Gasteiger partial charge in [0.15, 0.2) is 0 Å². The van der Waals surface area contributed by atoms with Crippen molar-refractivity contribution in [2.75, 3.05) is 6.54 Å². The normalized spacial score (nSPS) is 10.7. The molecule has 3 rings (SSSR count). The van der Waals surface area contributed by atoms with E-state index in [0.717, 1.165) is 17.7 Å². The van der Waals surface area contributed by atoms with E-state index in [0.29, 0.717) is 25.2 Å². The zero-order valence-electron chi connectivity index (χ0n) is 14.6. The van der Waals surface area contributed by atoms with Gasteiger partial charge in [-0.1, -0.05) is 19.1 Å². The van der Waals surface area contributed by atoms with Gasteiger partial charge in [-0.3, -0.25) is 14.2 Å². The fourth-order valence-corrected chi connectivity index (χ4v) is 2.57. The Kier molecular flexibility index (Phi) is 5.58. The van der Waals surface area contributed by atoms with Gasteiger partial charge in [-0.15, -0.1) is 0 Å². The highest BCUT2D eigenvalue weighted by molar-refractivity contribution is 5.94. The Labute approximate surface area is 151 Å². The van der Waals surface area contributed by atoms with Crippen molar-refractivity contribution in [3.63, 3.8) is 0 Å². The molecule has 0 spiro atoms. The van der Waals surface area contributed by atoms with Crippen molar-refractivity contribution < 1.29 is 4.79 Å². The fraction of sp³-hybridized carbons (Fsp3) is 0.263. The Hall–Kier alpha value is -3.22. The quantitative estimate of drug-likeness (QED) is 0.699. The smallest absolute Gasteiger partial charge is 0.253 e. The number of hydrogen-bond acceptors (Lipinski definition) is 4. The van der Waals surface area contributed by atoms with Gasteiger partial charge < -0.3 is 9.88 Å². The second-order valence-electron chi connectivity index (χ2n) is 5.95. The first kappa shape index (κ1) is 17.6. The molecule has 7 heteroatoms. The Morgan fingerprint density at radius 1 is 1.19 bits per heavy atom. The first-order chi connectivity index (χ1) is 12.7. The molecule has 0 bridgehead atoms. The van der Waals surface area contributed by atoms with Crippen LogP contribution < -0.4 is 10.9 Å². The molecule has 1 N–H and O–H groups in total. The summed E-state index contributed by atoms with van der Waals surface area (Å²) >= 11 is 0. The summed E-state index contributed by atoms with van der Waals surface area (Å²) in [5, 5.41) is 2.83. The van der Waals surface area contributed by atoms with Gasteiger partial charge in [-0.2, -0.15) is 0 Å². The maximum Gasteiger partial charge on any atom is 0.253 e. The molecule has 134 valence electrons. The lowest BCUT2D eigenvalue weighted by atomic mass is 10.1. The Balaban J connectivity index is 1.52. The molecule has 1 amide bonds. The van der Waals surface area contributed by atoms with Crippen LogP contribution in [0.15, 0.2) is 60.2 Å². The summed E-state index contributed by atoms with van der Waals surface area (Å²) in [6.07, 6.45) is 7.63. The van der Waals surface area contributed by atoms with E-state index < -0.39 is 0 Å². The average molecular weight is 351 g/mol. The SMILES string of the molecule is CCc1cc(=O)n(CCNC(=O)c2ccc(Cn3ccnc3)cc2)cn1. The zero-order valence-corrected chi connectivity index (χ0v) is 14.6. The number of aryl methyl sites for hydroxylation is 1. The molecular formula is C19H21N5O2. The second-order valence-corrected chi connectivity index (χ2v) is 5.95. The molecule has 0 aliphatic rings. The number of carbonyl (C=O) groups is 1. The summed E-state index contributed by atoms with van der Waals surface area (Å²) in [5.74, 6) is -0.162.